The van der Waals surface area contributed by atoms with Gasteiger partial charge >= 0.3 is 5.97 Å². The number of aromatic nitrogens is 2. The van der Waals surface area contributed by atoms with Crippen LogP contribution in [0.4, 0.5) is 5.13 Å². The second-order valence-corrected chi connectivity index (χ2v) is 9.01. The minimum Gasteiger partial charge on any atom is -0.464 e. The molecule has 3 heterocycles. The summed E-state index contributed by atoms with van der Waals surface area (Å²) in [6.45, 7) is 0.297. The highest BCUT2D eigenvalue weighted by Gasteiger charge is 2.37. The van der Waals surface area contributed by atoms with Gasteiger partial charge in [-0.05, 0) is 35.4 Å². The van der Waals surface area contributed by atoms with Gasteiger partial charge in [0.15, 0.2) is 5.13 Å². The van der Waals surface area contributed by atoms with E-state index >= 15 is 0 Å². The molecule has 1 aliphatic rings. The van der Waals surface area contributed by atoms with Crippen molar-refractivity contribution in [2.45, 2.75) is 12.6 Å². The molecule has 0 fully saturated rings. The Labute approximate surface area is 217 Å². The lowest BCUT2D eigenvalue weighted by Gasteiger charge is -2.27. The van der Waals surface area contributed by atoms with Crippen LogP contribution < -0.4 is 5.32 Å². The Morgan fingerprint density at radius 3 is 2.54 bits per heavy atom. The Hall–Kier alpha value is -4.81. The molecular weight excluding hydrogens is 488 g/mol. The van der Waals surface area contributed by atoms with E-state index in [1.807, 2.05) is 42.5 Å². The second kappa shape index (κ2) is 10.4. The van der Waals surface area contributed by atoms with E-state index in [1.54, 1.807) is 34.7 Å². The van der Waals surface area contributed by atoms with Crippen LogP contribution in [0.5, 0.6) is 0 Å². The second-order valence-electron chi connectivity index (χ2n) is 8.12. The molecule has 0 aliphatic carbocycles. The summed E-state index contributed by atoms with van der Waals surface area (Å²) in [6, 6.07) is 17.0. The fourth-order valence-corrected chi connectivity index (χ4v) is 4.55. The number of fused-ring (bicyclic) bond motifs is 1. The maximum Gasteiger partial charge on any atom is 0.356 e. The summed E-state index contributed by atoms with van der Waals surface area (Å²) in [5.41, 5.74) is 3.50. The van der Waals surface area contributed by atoms with E-state index in [2.05, 4.69) is 31.9 Å². The van der Waals surface area contributed by atoms with Gasteiger partial charge in [-0.1, -0.05) is 48.2 Å². The maximum atomic E-state index is 13.5. The summed E-state index contributed by atoms with van der Waals surface area (Å²) in [5.74, 6) is 4.94. The number of carbonyl (C=O) groups excluding carboxylic acids is 3. The third-order valence-electron chi connectivity index (χ3n) is 5.79. The Kier molecular flexibility index (Phi) is 6.74. The maximum absolute atomic E-state index is 13.5. The van der Waals surface area contributed by atoms with Crippen LogP contribution in [-0.4, -0.2) is 39.8 Å². The summed E-state index contributed by atoms with van der Waals surface area (Å²) >= 11 is 1.31. The number of hydrogen-bond acceptors (Lipinski definition) is 7. The van der Waals surface area contributed by atoms with Crippen molar-refractivity contribution in [1.82, 2.24) is 14.9 Å². The number of ether oxygens (including phenoxy) is 1. The van der Waals surface area contributed by atoms with Gasteiger partial charge < -0.3 is 9.64 Å². The Morgan fingerprint density at radius 2 is 1.84 bits per heavy atom. The van der Waals surface area contributed by atoms with Crippen molar-refractivity contribution in [2.24, 2.45) is 0 Å². The van der Waals surface area contributed by atoms with Crippen LogP contribution in [0.3, 0.4) is 0 Å². The van der Waals surface area contributed by atoms with Crippen LogP contribution in [0, 0.1) is 11.8 Å². The fourth-order valence-electron chi connectivity index (χ4n) is 4.01. The first-order valence-electron chi connectivity index (χ1n) is 11.3. The average Bonchev–Trinajstić information content (AvgIpc) is 3.56. The van der Waals surface area contributed by atoms with E-state index in [1.165, 1.54) is 24.6 Å². The average molecular weight is 509 g/mol. The highest BCUT2D eigenvalue weighted by molar-refractivity contribution is 7.13. The summed E-state index contributed by atoms with van der Waals surface area (Å²) in [4.78, 5) is 48.1. The fraction of sp³-hybridized carbons (Fsp3) is 0.107. The van der Waals surface area contributed by atoms with Gasteiger partial charge in [-0.3, -0.25) is 14.9 Å². The zero-order valence-corrected chi connectivity index (χ0v) is 20.5. The number of rotatable bonds is 5. The van der Waals surface area contributed by atoms with E-state index in [4.69, 9.17) is 0 Å². The molecule has 2 aromatic heterocycles. The molecule has 0 spiro atoms. The molecule has 9 heteroatoms. The molecule has 1 N–H and O–H groups in total. The first kappa shape index (κ1) is 23.9. The van der Waals surface area contributed by atoms with Gasteiger partial charge in [-0.2, -0.15) is 0 Å². The van der Waals surface area contributed by atoms with Crippen LogP contribution >= 0.6 is 11.3 Å². The molecule has 2 amide bonds. The number of benzene rings is 2. The standard InChI is InChI=1S/C28H20N4O4S/c1-36-27(35)23-12-10-19(16-30-23)8-7-18-9-11-21-17-32(26(34)22(21)15-18)24(20-5-3-2-4-6-20)25(33)31-28-29-13-14-37-28/h2-6,9-16,24H,17H2,1H3,(H,29,31,33). The minimum atomic E-state index is -0.820. The summed E-state index contributed by atoms with van der Waals surface area (Å²) in [5, 5.41) is 5.07. The van der Waals surface area contributed by atoms with E-state index in [-0.39, 0.29) is 17.5 Å². The van der Waals surface area contributed by atoms with Crippen LogP contribution in [0.15, 0.2) is 78.4 Å². The van der Waals surface area contributed by atoms with Gasteiger partial charge in [0.05, 0.1) is 7.11 Å². The summed E-state index contributed by atoms with van der Waals surface area (Å²) in [6.07, 6.45) is 3.10. The Bertz CT molecular complexity index is 1520. The van der Waals surface area contributed by atoms with Crippen molar-refractivity contribution in [3.05, 3.63) is 112 Å². The molecule has 37 heavy (non-hydrogen) atoms. The number of methoxy groups -OCH3 is 1. The van der Waals surface area contributed by atoms with E-state index in [0.29, 0.717) is 33.9 Å². The molecule has 8 nitrogen and oxygen atoms in total. The van der Waals surface area contributed by atoms with Crippen molar-refractivity contribution in [1.29, 1.82) is 0 Å². The van der Waals surface area contributed by atoms with E-state index in [9.17, 15) is 14.4 Å². The van der Waals surface area contributed by atoms with Gasteiger partial charge in [0, 0.05) is 41.0 Å². The Morgan fingerprint density at radius 1 is 1.05 bits per heavy atom. The summed E-state index contributed by atoms with van der Waals surface area (Å²) < 4.78 is 4.65. The molecule has 182 valence electrons. The van der Waals surface area contributed by atoms with Gasteiger partial charge in [0.25, 0.3) is 11.8 Å². The predicted octanol–water partition coefficient (Wildman–Crippen LogP) is 4.06. The zero-order chi connectivity index (χ0) is 25.8. The van der Waals surface area contributed by atoms with Crippen molar-refractivity contribution < 1.29 is 19.1 Å². The van der Waals surface area contributed by atoms with Gasteiger partial charge in [0.2, 0.25) is 0 Å². The molecule has 4 aromatic rings. The smallest absolute Gasteiger partial charge is 0.356 e. The van der Waals surface area contributed by atoms with Crippen LogP contribution in [0.1, 0.15) is 49.1 Å². The molecule has 2 aromatic carbocycles. The predicted molar refractivity (Wildman–Crippen MR) is 138 cm³/mol. The largest absolute Gasteiger partial charge is 0.464 e. The number of anilines is 1. The third-order valence-corrected chi connectivity index (χ3v) is 6.48. The lowest BCUT2D eigenvalue weighted by Crippen LogP contribution is -2.37. The molecule has 1 aliphatic heterocycles. The lowest BCUT2D eigenvalue weighted by molar-refractivity contribution is -0.120. The van der Waals surface area contributed by atoms with Gasteiger partial charge in [0.1, 0.15) is 11.7 Å². The van der Waals surface area contributed by atoms with Gasteiger partial charge in [-0.25, -0.2) is 14.8 Å². The molecule has 1 unspecified atom stereocenters. The highest BCUT2D eigenvalue weighted by Crippen LogP contribution is 2.33. The van der Waals surface area contributed by atoms with Crippen molar-refractivity contribution in [3.63, 3.8) is 0 Å². The van der Waals surface area contributed by atoms with Crippen molar-refractivity contribution in [3.8, 4) is 11.8 Å². The van der Waals surface area contributed by atoms with E-state index < -0.39 is 12.0 Å². The first-order chi connectivity index (χ1) is 18.0. The molecule has 0 radical (unpaired) electrons. The quantitative estimate of drug-likeness (QED) is 0.322. The van der Waals surface area contributed by atoms with Crippen LogP contribution in [0.2, 0.25) is 0 Å². The number of carbonyl (C=O) groups is 3. The molecule has 1 atom stereocenters. The molecule has 5 rings (SSSR count). The number of nitrogens with one attached hydrogen (secondary N) is 1. The third kappa shape index (κ3) is 5.10. The van der Waals surface area contributed by atoms with Gasteiger partial charge in [-0.15, -0.1) is 11.3 Å². The van der Waals surface area contributed by atoms with Crippen molar-refractivity contribution in [2.75, 3.05) is 12.4 Å². The number of thiazole rings is 1. The monoisotopic (exact) mass is 508 g/mol. The molecule has 0 saturated heterocycles. The first-order valence-corrected chi connectivity index (χ1v) is 12.2. The number of amides is 2. The van der Waals surface area contributed by atoms with Crippen LogP contribution in [-0.2, 0) is 16.1 Å². The minimum absolute atomic E-state index is 0.197. The number of pyridine rings is 1. The summed E-state index contributed by atoms with van der Waals surface area (Å²) in [7, 11) is 1.30. The van der Waals surface area contributed by atoms with Crippen LogP contribution in [0.25, 0.3) is 0 Å². The van der Waals surface area contributed by atoms with E-state index in [0.717, 1.165) is 5.56 Å². The number of esters is 1. The molecule has 0 bridgehead atoms. The van der Waals surface area contributed by atoms with Crippen molar-refractivity contribution >= 4 is 34.3 Å². The number of nitrogens with zero attached hydrogens (tertiary/aromatic N) is 3. The molecule has 0 saturated carbocycles. The Balaban J connectivity index is 1.39. The lowest BCUT2D eigenvalue weighted by atomic mass is 10.0. The highest BCUT2D eigenvalue weighted by atomic mass is 32.1. The SMILES string of the molecule is COC(=O)c1ccc(C#Cc2ccc3c(c2)C(=O)N(C(C(=O)Nc2nccs2)c2ccccc2)C3)cn1. The normalized spacial score (nSPS) is 12.8. The topological polar surface area (TPSA) is 101 Å². The zero-order valence-electron chi connectivity index (χ0n) is 19.7. The number of hydrogen-bond donors (Lipinski definition) is 1. The molecular formula is C28H20N4O4S.